The Hall–Kier alpha value is -3.68. The van der Waals surface area contributed by atoms with E-state index >= 15 is 0 Å². The second-order valence-corrected chi connectivity index (χ2v) is 6.06. The Morgan fingerprint density at radius 3 is 2.81 bits per heavy atom. The van der Waals surface area contributed by atoms with Crippen LogP contribution in [0.25, 0.3) is 16.9 Å². The number of rotatable bonds is 4. The first kappa shape index (κ1) is 16.8. The number of carbonyl (C=O) groups is 1. The third-order valence-electron chi connectivity index (χ3n) is 4.42. The lowest BCUT2D eigenvalue weighted by Gasteiger charge is -2.05. The van der Waals surface area contributed by atoms with Gasteiger partial charge in [-0.05, 0) is 32.0 Å². The maximum atomic E-state index is 12.6. The fourth-order valence-corrected chi connectivity index (χ4v) is 2.99. The van der Waals surface area contributed by atoms with E-state index in [1.165, 1.54) is 6.07 Å². The summed E-state index contributed by atoms with van der Waals surface area (Å²) in [5.74, 6) is -0.426. The number of benzene rings is 1. The highest BCUT2D eigenvalue weighted by atomic mass is 16.3. The van der Waals surface area contributed by atoms with Gasteiger partial charge in [0.15, 0.2) is 11.3 Å². The van der Waals surface area contributed by atoms with E-state index in [1.54, 1.807) is 41.2 Å². The van der Waals surface area contributed by atoms with Crippen LogP contribution in [-0.2, 0) is 6.54 Å². The molecule has 3 aromatic heterocycles. The van der Waals surface area contributed by atoms with Crippen LogP contribution >= 0.6 is 0 Å². The number of anilines is 1. The molecule has 8 nitrogen and oxygen atoms in total. The van der Waals surface area contributed by atoms with Crippen molar-refractivity contribution in [2.24, 2.45) is 0 Å². The van der Waals surface area contributed by atoms with Gasteiger partial charge in [0, 0.05) is 30.1 Å². The molecule has 0 radical (unpaired) electrons. The number of nitrogens with one attached hydrogen (secondary N) is 1. The highest BCUT2D eigenvalue weighted by molar-refractivity contribution is 6.04. The fraction of sp³-hybridized carbons (Fsp3) is 0.158. The molecule has 0 aliphatic rings. The van der Waals surface area contributed by atoms with Crippen molar-refractivity contribution >= 4 is 17.2 Å². The number of aromatic hydroxyl groups is 1. The number of hydrogen-bond donors (Lipinski definition) is 2. The van der Waals surface area contributed by atoms with Crippen LogP contribution in [0.4, 0.5) is 5.69 Å². The molecule has 3 heterocycles. The molecular weight excluding hydrogens is 344 g/mol. The lowest BCUT2D eigenvalue weighted by Crippen LogP contribution is -2.12. The third kappa shape index (κ3) is 2.91. The molecule has 0 aliphatic carbocycles. The zero-order valence-corrected chi connectivity index (χ0v) is 14.9. The Morgan fingerprint density at radius 1 is 1.26 bits per heavy atom. The number of carbonyl (C=O) groups excluding carboxylic acids is 1. The molecule has 0 saturated carbocycles. The molecule has 0 spiro atoms. The van der Waals surface area contributed by atoms with Gasteiger partial charge in [0.05, 0.1) is 17.6 Å². The molecule has 136 valence electrons. The summed E-state index contributed by atoms with van der Waals surface area (Å²) in [5, 5.41) is 21.3. The maximum absolute atomic E-state index is 12.6. The lowest BCUT2D eigenvalue weighted by molar-refractivity contribution is 0.102. The van der Waals surface area contributed by atoms with Crippen molar-refractivity contribution < 1.29 is 9.90 Å². The Balaban J connectivity index is 1.73. The maximum Gasteiger partial charge on any atom is 0.276 e. The van der Waals surface area contributed by atoms with Crippen molar-refractivity contribution in [2.45, 2.75) is 20.4 Å². The molecule has 27 heavy (non-hydrogen) atoms. The van der Waals surface area contributed by atoms with Gasteiger partial charge < -0.3 is 10.4 Å². The standard InChI is InChI=1S/C19H18N6O2/c1-3-24-12(2)13(11-21-24)16-8-9-20-18-10-15(23-25(16)18)19(27)22-14-6-4-5-7-17(14)26/h4-11,26H,3H2,1-2H3,(H,22,27). The summed E-state index contributed by atoms with van der Waals surface area (Å²) in [6.07, 6.45) is 3.47. The van der Waals surface area contributed by atoms with E-state index in [-0.39, 0.29) is 11.4 Å². The van der Waals surface area contributed by atoms with Crippen molar-refractivity contribution in [1.29, 1.82) is 0 Å². The van der Waals surface area contributed by atoms with Crippen molar-refractivity contribution in [3.8, 4) is 17.0 Å². The van der Waals surface area contributed by atoms with Crippen molar-refractivity contribution in [3.05, 3.63) is 60.2 Å². The van der Waals surface area contributed by atoms with E-state index < -0.39 is 5.91 Å². The third-order valence-corrected chi connectivity index (χ3v) is 4.42. The molecular formula is C19H18N6O2. The minimum atomic E-state index is -0.422. The molecule has 2 N–H and O–H groups in total. The summed E-state index contributed by atoms with van der Waals surface area (Å²) in [7, 11) is 0. The van der Waals surface area contributed by atoms with Crippen molar-refractivity contribution in [1.82, 2.24) is 24.4 Å². The monoisotopic (exact) mass is 362 g/mol. The van der Waals surface area contributed by atoms with Crippen LogP contribution in [0.1, 0.15) is 23.1 Å². The number of amides is 1. The number of para-hydroxylation sites is 2. The second kappa shape index (κ2) is 6.56. The molecule has 1 amide bonds. The predicted octanol–water partition coefficient (Wildman–Crippen LogP) is 2.88. The van der Waals surface area contributed by atoms with Gasteiger partial charge >= 0.3 is 0 Å². The van der Waals surface area contributed by atoms with E-state index in [0.717, 1.165) is 23.5 Å². The van der Waals surface area contributed by atoms with Crippen molar-refractivity contribution in [2.75, 3.05) is 5.32 Å². The highest BCUT2D eigenvalue weighted by Crippen LogP contribution is 2.25. The minimum Gasteiger partial charge on any atom is -0.506 e. The second-order valence-electron chi connectivity index (χ2n) is 6.06. The van der Waals surface area contributed by atoms with Crippen LogP contribution in [0.5, 0.6) is 5.75 Å². The molecule has 0 aliphatic heterocycles. The largest absolute Gasteiger partial charge is 0.506 e. The molecule has 0 fully saturated rings. The number of phenols is 1. The number of aryl methyl sites for hydroxylation is 1. The number of hydrogen-bond acceptors (Lipinski definition) is 5. The molecule has 0 saturated heterocycles. The van der Waals surface area contributed by atoms with Gasteiger partial charge in [-0.25, -0.2) is 9.50 Å². The first-order chi connectivity index (χ1) is 13.1. The normalized spacial score (nSPS) is 11.0. The number of nitrogens with zero attached hydrogens (tertiary/aromatic N) is 5. The minimum absolute atomic E-state index is 0.00367. The van der Waals surface area contributed by atoms with E-state index in [0.29, 0.717) is 11.3 Å². The Kier molecular flexibility index (Phi) is 4.08. The summed E-state index contributed by atoms with van der Waals surface area (Å²) in [5.41, 5.74) is 3.84. The number of aromatic nitrogens is 5. The smallest absolute Gasteiger partial charge is 0.276 e. The van der Waals surface area contributed by atoms with E-state index in [2.05, 4.69) is 20.5 Å². The first-order valence-corrected chi connectivity index (χ1v) is 8.55. The average molecular weight is 362 g/mol. The van der Waals surface area contributed by atoms with Gasteiger partial charge in [-0.15, -0.1) is 0 Å². The van der Waals surface area contributed by atoms with E-state index in [4.69, 9.17) is 0 Å². The molecule has 0 atom stereocenters. The summed E-state index contributed by atoms with van der Waals surface area (Å²) in [6, 6.07) is 9.99. The Morgan fingerprint density at radius 2 is 2.07 bits per heavy atom. The molecule has 8 heteroatoms. The highest BCUT2D eigenvalue weighted by Gasteiger charge is 2.17. The average Bonchev–Trinajstić information content (AvgIpc) is 3.27. The van der Waals surface area contributed by atoms with Crippen LogP contribution in [0.15, 0.2) is 48.8 Å². The Labute approximate surface area is 155 Å². The zero-order valence-electron chi connectivity index (χ0n) is 14.9. The SMILES string of the molecule is CCn1ncc(-c2ccnc3cc(C(=O)Nc4ccccc4O)nn23)c1C. The van der Waals surface area contributed by atoms with Gasteiger partial charge in [-0.1, -0.05) is 12.1 Å². The molecule has 4 rings (SSSR count). The summed E-state index contributed by atoms with van der Waals surface area (Å²) in [6.45, 7) is 4.79. The van der Waals surface area contributed by atoms with Gasteiger partial charge in [0.1, 0.15) is 5.75 Å². The van der Waals surface area contributed by atoms with Gasteiger partial charge in [-0.3, -0.25) is 9.48 Å². The topological polar surface area (TPSA) is 97.3 Å². The van der Waals surface area contributed by atoms with Crippen LogP contribution in [0.2, 0.25) is 0 Å². The van der Waals surface area contributed by atoms with Gasteiger partial charge in [0.2, 0.25) is 0 Å². The zero-order chi connectivity index (χ0) is 19.0. The first-order valence-electron chi connectivity index (χ1n) is 8.55. The van der Waals surface area contributed by atoms with Crippen LogP contribution < -0.4 is 5.32 Å². The Bertz CT molecular complexity index is 1140. The molecule has 1 aromatic carbocycles. The summed E-state index contributed by atoms with van der Waals surface area (Å²) in [4.78, 5) is 16.9. The van der Waals surface area contributed by atoms with Gasteiger partial charge in [-0.2, -0.15) is 10.2 Å². The van der Waals surface area contributed by atoms with E-state index in [9.17, 15) is 9.90 Å². The molecule has 0 bridgehead atoms. The number of fused-ring (bicyclic) bond motifs is 1. The molecule has 0 unspecified atom stereocenters. The van der Waals surface area contributed by atoms with Gasteiger partial charge in [0.25, 0.3) is 5.91 Å². The summed E-state index contributed by atoms with van der Waals surface area (Å²) < 4.78 is 3.53. The number of phenolic OH excluding ortho intramolecular Hbond substituents is 1. The van der Waals surface area contributed by atoms with Crippen LogP contribution in [0, 0.1) is 6.92 Å². The quantitative estimate of drug-likeness (QED) is 0.544. The van der Waals surface area contributed by atoms with E-state index in [1.807, 2.05) is 24.6 Å². The van der Waals surface area contributed by atoms with Crippen molar-refractivity contribution in [3.63, 3.8) is 0 Å². The lowest BCUT2D eigenvalue weighted by atomic mass is 10.2. The molecule has 4 aromatic rings. The van der Waals surface area contributed by atoms with Crippen LogP contribution in [-0.4, -0.2) is 35.4 Å². The predicted molar refractivity (Wildman–Crippen MR) is 101 cm³/mol. The summed E-state index contributed by atoms with van der Waals surface area (Å²) >= 11 is 0. The fourth-order valence-electron chi connectivity index (χ4n) is 2.99. The van der Waals surface area contributed by atoms with Crippen LogP contribution in [0.3, 0.4) is 0 Å².